The van der Waals surface area contributed by atoms with Crippen LogP contribution in [0, 0.1) is 0 Å². The lowest BCUT2D eigenvalue weighted by Crippen LogP contribution is -2.02. The standard InChI is InChI=1S/C18H23ClO5/c1-21-15-12-14(13-16(22-2)18(15)23-3)8-4-5-9-17(20)24-11-7-6-10-19/h4-5,8-9,12-13H,6-7,10-11H2,1-3H3/b8-4+,9-5+. The van der Waals surface area contributed by atoms with Crippen molar-refractivity contribution in [3.05, 3.63) is 35.9 Å². The van der Waals surface area contributed by atoms with Crippen molar-refractivity contribution in [2.75, 3.05) is 33.8 Å². The van der Waals surface area contributed by atoms with E-state index < -0.39 is 0 Å². The van der Waals surface area contributed by atoms with Crippen LogP contribution in [-0.2, 0) is 9.53 Å². The van der Waals surface area contributed by atoms with Crippen LogP contribution in [0.2, 0.25) is 0 Å². The molecule has 132 valence electrons. The maximum atomic E-state index is 11.5. The van der Waals surface area contributed by atoms with E-state index in [2.05, 4.69) is 0 Å². The van der Waals surface area contributed by atoms with Gasteiger partial charge in [-0.3, -0.25) is 0 Å². The van der Waals surface area contributed by atoms with Gasteiger partial charge in [0.2, 0.25) is 5.75 Å². The number of methoxy groups -OCH3 is 3. The summed E-state index contributed by atoms with van der Waals surface area (Å²) in [5.74, 6) is 1.87. The summed E-state index contributed by atoms with van der Waals surface area (Å²) in [6, 6.07) is 3.63. The highest BCUT2D eigenvalue weighted by Crippen LogP contribution is 2.38. The zero-order valence-corrected chi connectivity index (χ0v) is 15.0. The fourth-order valence-corrected chi connectivity index (χ4v) is 2.10. The van der Waals surface area contributed by atoms with Crippen molar-refractivity contribution in [3.63, 3.8) is 0 Å². The number of allylic oxidation sites excluding steroid dienone is 2. The van der Waals surface area contributed by atoms with Crippen LogP contribution in [0.5, 0.6) is 17.2 Å². The number of halogens is 1. The molecule has 1 rings (SSSR count). The highest BCUT2D eigenvalue weighted by molar-refractivity contribution is 6.17. The first-order chi connectivity index (χ1) is 11.7. The van der Waals surface area contributed by atoms with Gasteiger partial charge < -0.3 is 18.9 Å². The van der Waals surface area contributed by atoms with Crippen molar-refractivity contribution in [2.24, 2.45) is 0 Å². The van der Waals surface area contributed by atoms with Gasteiger partial charge in [-0.2, -0.15) is 0 Å². The van der Waals surface area contributed by atoms with Gasteiger partial charge in [0.1, 0.15) is 0 Å². The number of hydrogen-bond donors (Lipinski definition) is 0. The number of rotatable bonds is 10. The molecule has 0 radical (unpaired) electrons. The van der Waals surface area contributed by atoms with E-state index in [1.165, 1.54) is 6.08 Å². The largest absolute Gasteiger partial charge is 0.493 e. The molecule has 0 bridgehead atoms. The average molecular weight is 355 g/mol. The average Bonchev–Trinajstić information content (AvgIpc) is 2.61. The van der Waals surface area contributed by atoms with Crippen LogP contribution in [0.4, 0.5) is 0 Å². The summed E-state index contributed by atoms with van der Waals surface area (Å²) in [6.45, 7) is 0.381. The lowest BCUT2D eigenvalue weighted by Gasteiger charge is -2.12. The van der Waals surface area contributed by atoms with Crippen molar-refractivity contribution in [1.82, 2.24) is 0 Å². The molecule has 0 aliphatic carbocycles. The molecule has 0 N–H and O–H groups in total. The van der Waals surface area contributed by atoms with Gasteiger partial charge in [0.25, 0.3) is 0 Å². The molecule has 0 saturated heterocycles. The molecule has 0 fully saturated rings. The molecular weight excluding hydrogens is 332 g/mol. The van der Waals surface area contributed by atoms with E-state index in [0.717, 1.165) is 18.4 Å². The molecule has 5 nitrogen and oxygen atoms in total. The van der Waals surface area contributed by atoms with Crippen molar-refractivity contribution in [1.29, 1.82) is 0 Å². The summed E-state index contributed by atoms with van der Waals surface area (Å²) in [6.07, 6.45) is 8.15. The van der Waals surface area contributed by atoms with E-state index in [4.69, 9.17) is 30.5 Å². The minimum atomic E-state index is -0.376. The third-order valence-corrected chi connectivity index (χ3v) is 3.36. The quantitative estimate of drug-likeness (QED) is 0.210. The summed E-state index contributed by atoms with van der Waals surface area (Å²) in [5.41, 5.74) is 0.852. The number of unbranched alkanes of at least 4 members (excludes halogenated alkanes) is 1. The van der Waals surface area contributed by atoms with E-state index in [1.54, 1.807) is 33.5 Å². The number of carbonyl (C=O) groups is 1. The number of carbonyl (C=O) groups excluding carboxylic acids is 1. The van der Waals surface area contributed by atoms with Gasteiger partial charge in [0, 0.05) is 12.0 Å². The predicted octanol–water partition coefficient (Wildman–Crippen LogP) is 3.84. The lowest BCUT2D eigenvalue weighted by molar-refractivity contribution is -0.137. The molecule has 0 aliphatic rings. The Balaban J connectivity index is 2.66. The first kappa shape index (κ1) is 19.9. The molecular formula is C18H23ClO5. The number of esters is 1. The maximum absolute atomic E-state index is 11.5. The summed E-state index contributed by atoms with van der Waals surface area (Å²) >= 11 is 5.55. The molecule has 0 unspecified atom stereocenters. The fraction of sp³-hybridized carbons (Fsp3) is 0.389. The number of hydrogen-bond acceptors (Lipinski definition) is 5. The number of ether oxygens (including phenoxy) is 4. The van der Waals surface area contributed by atoms with Gasteiger partial charge in [0.05, 0.1) is 27.9 Å². The Kier molecular flexibility index (Phi) is 9.46. The Labute approximate surface area is 147 Å². The lowest BCUT2D eigenvalue weighted by atomic mass is 10.1. The molecule has 1 aromatic carbocycles. The zero-order chi connectivity index (χ0) is 17.8. The van der Waals surface area contributed by atoms with Crippen LogP contribution in [0.3, 0.4) is 0 Å². The molecule has 0 amide bonds. The number of benzene rings is 1. The SMILES string of the molecule is COc1cc(/C=C/C=C/C(=O)OCCCCCl)cc(OC)c1OC. The van der Waals surface area contributed by atoms with Crippen molar-refractivity contribution in [2.45, 2.75) is 12.8 Å². The first-order valence-corrected chi connectivity index (χ1v) is 8.07. The Bertz CT molecular complexity index is 556. The predicted molar refractivity (Wildman–Crippen MR) is 95.2 cm³/mol. The molecule has 24 heavy (non-hydrogen) atoms. The normalized spacial score (nSPS) is 11.0. The Morgan fingerprint density at radius 1 is 1.04 bits per heavy atom. The van der Waals surface area contributed by atoms with Crippen molar-refractivity contribution in [3.8, 4) is 17.2 Å². The summed E-state index contributed by atoms with van der Waals surface area (Å²) < 4.78 is 20.9. The van der Waals surface area contributed by atoms with Gasteiger partial charge in [-0.25, -0.2) is 4.79 Å². The molecule has 0 spiro atoms. The summed E-state index contributed by atoms with van der Waals surface area (Å²) in [7, 11) is 4.67. The van der Waals surface area contributed by atoms with Gasteiger partial charge >= 0.3 is 5.97 Å². The molecule has 6 heteroatoms. The second kappa shape index (κ2) is 11.4. The van der Waals surface area contributed by atoms with Crippen LogP contribution in [0.25, 0.3) is 6.08 Å². The topological polar surface area (TPSA) is 54.0 Å². The molecule has 0 aliphatic heterocycles. The second-order valence-corrected chi connectivity index (χ2v) is 5.12. The summed E-state index contributed by atoms with van der Waals surface area (Å²) in [4.78, 5) is 11.5. The van der Waals surface area contributed by atoms with E-state index in [9.17, 15) is 4.79 Å². The van der Waals surface area contributed by atoms with Crippen LogP contribution < -0.4 is 14.2 Å². The third kappa shape index (κ3) is 6.54. The highest BCUT2D eigenvalue weighted by Gasteiger charge is 2.11. The monoisotopic (exact) mass is 354 g/mol. The molecule has 0 saturated carbocycles. The molecule has 1 aromatic rings. The zero-order valence-electron chi connectivity index (χ0n) is 14.2. The van der Waals surface area contributed by atoms with Crippen molar-refractivity contribution >= 4 is 23.6 Å². The van der Waals surface area contributed by atoms with Gasteiger partial charge in [-0.1, -0.05) is 18.2 Å². The maximum Gasteiger partial charge on any atom is 0.330 e. The first-order valence-electron chi connectivity index (χ1n) is 7.53. The van der Waals surface area contributed by atoms with E-state index >= 15 is 0 Å². The number of alkyl halides is 1. The van der Waals surface area contributed by atoms with Crippen LogP contribution >= 0.6 is 11.6 Å². The second-order valence-electron chi connectivity index (χ2n) is 4.74. The minimum absolute atomic E-state index is 0.376. The van der Waals surface area contributed by atoms with Gasteiger partial charge in [-0.05, 0) is 30.5 Å². The molecule has 0 heterocycles. The van der Waals surface area contributed by atoms with Crippen molar-refractivity contribution < 1.29 is 23.7 Å². The van der Waals surface area contributed by atoms with Crippen LogP contribution in [-0.4, -0.2) is 39.8 Å². The van der Waals surface area contributed by atoms with Gasteiger partial charge in [-0.15, -0.1) is 11.6 Å². The van der Waals surface area contributed by atoms with E-state index in [1.807, 2.05) is 18.2 Å². The van der Waals surface area contributed by atoms with Crippen LogP contribution in [0.1, 0.15) is 18.4 Å². The van der Waals surface area contributed by atoms with E-state index in [-0.39, 0.29) is 5.97 Å². The summed E-state index contributed by atoms with van der Waals surface area (Å²) in [5, 5.41) is 0. The molecule has 0 aromatic heterocycles. The Morgan fingerprint density at radius 3 is 2.25 bits per heavy atom. The van der Waals surface area contributed by atoms with E-state index in [0.29, 0.717) is 29.7 Å². The fourth-order valence-electron chi connectivity index (χ4n) is 1.92. The van der Waals surface area contributed by atoms with Crippen LogP contribution in [0.15, 0.2) is 30.4 Å². The highest BCUT2D eigenvalue weighted by atomic mass is 35.5. The molecule has 0 atom stereocenters. The Morgan fingerprint density at radius 2 is 1.71 bits per heavy atom. The Hall–Kier alpha value is -2.14. The van der Waals surface area contributed by atoms with Gasteiger partial charge in [0.15, 0.2) is 11.5 Å². The minimum Gasteiger partial charge on any atom is -0.493 e. The smallest absolute Gasteiger partial charge is 0.330 e. The third-order valence-electron chi connectivity index (χ3n) is 3.09.